The monoisotopic (exact) mass is 770 g/mol. The van der Waals surface area contributed by atoms with Crippen LogP contribution in [-0.4, -0.2) is 34.0 Å². The highest BCUT2D eigenvalue weighted by atomic mass is 35.5. The van der Waals surface area contributed by atoms with Crippen LogP contribution in [-0.2, 0) is 20.4 Å². The van der Waals surface area contributed by atoms with E-state index in [2.05, 4.69) is 79.6 Å². The Balaban J connectivity index is 1.41. The maximum atomic E-state index is 13.8. The Hall–Kier alpha value is -3.76. The minimum atomic E-state index is -0.942. The van der Waals surface area contributed by atoms with Gasteiger partial charge in [-0.25, -0.2) is 0 Å². The summed E-state index contributed by atoms with van der Waals surface area (Å²) in [5.74, 6) is -0.796. The lowest BCUT2D eigenvalue weighted by Gasteiger charge is -2.31. The molecule has 0 spiro atoms. The van der Waals surface area contributed by atoms with Gasteiger partial charge in [0.2, 0.25) is 0 Å². The van der Waals surface area contributed by atoms with Gasteiger partial charge in [-0.05, 0) is 78.1 Å². The fourth-order valence-corrected chi connectivity index (χ4v) is 6.80. The summed E-state index contributed by atoms with van der Waals surface area (Å²) in [5, 5.41) is 19.8. The number of aromatic amines is 1. The molecule has 2 unspecified atom stereocenters. The molecule has 3 aromatic carbocycles. The van der Waals surface area contributed by atoms with Gasteiger partial charge < -0.3 is 15.4 Å². The minimum Gasteiger partial charge on any atom is -0.480 e. The lowest BCUT2D eigenvalue weighted by molar-refractivity contribution is -0.123. The number of carbonyl (C=O) groups is 2. The zero-order chi connectivity index (χ0) is 37.2. The molecule has 2 heterocycles. The number of aromatic nitrogens is 2. The first-order chi connectivity index (χ1) is 24.1. The van der Waals surface area contributed by atoms with Gasteiger partial charge in [0.15, 0.2) is 6.10 Å². The van der Waals surface area contributed by atoms with Crippen LogP contribution in [0.4, 0.5) is 17.1 Å². The first kappa shape index (κ1) is 38.5. The lowest BCUT2D eigenvalue weighted by Crippen LogP contribution is -2.33. The zero-order valence-corrected chi connectivity index (χ0v) is 32.7. The summed E-state index contributed by atoms with van der Waals surface area (Å²) in [7, 11) is 0. The number of rotatable bonds is 12. The van der Waals surface area contributed by atoms with E-state index in [-0.39, 0.29) is 38.3 Å². The Kier molecular flexibility index (Phi) is 11.7. The molecule has 3 N–H and O–H groups in total. The van der Waals surface area contributed by atoms with Gasteiger partial charge in [0.1, 0.15) is 23.2 Å². The molecule has 0 bridgehead atoms. The maximum Gasteiger partial charge on any atom is 0.265 e. The topological polar surface area (TPSA) is 112 Å². The van der Waals surface area contributed by atoms with Gasteiger partial charge in [-0.3, -0.25) is 14.7 Å². The molecule has 1 aliphatic heterocycles. The summed E-state index contributed by atoms with van der Waals surface area (Å²) in [4.78, 5) is 27.5. The van der Waals surface area contributed by atoms with Crippen molar-refractivity contribution in [2.45, 2.75) is 90.6 Å². The van der Waals surface area contributed by atoms with Gasteiger partial charge in [0.05, 0.1) is 26.4 Å². The third-order valence-electron chi connectivity index (χ3n) is 9.64. The average Bonchev–Trinajstić information content (AvgIpc) is 3.72. The molecule has 1 aliphatic rings. The van der Waals surface area contributed by atoms with Crippen LogP contribution in [0.25, 0.3) is 0 Å². The standard InChI is InChI=1S/C38H42Cl4N6O3/c1-8-30(51-31-14-11-21(37(4,5)9-2)17-24(31)38(6,7)10-3)35(49)44-23-12-13-25(40)29(20-23)45-34-32(28-15-16-43-46-28)36(50)48(47-34)33-26(41)18-22(39)19-27(33)42/h11-20,30,32H,8-10H2,1-7H3,(H,43,46)(H,44,49)(H,45,47). The fourth-order valence-electron chi connectivity index (χ4n) is 5.66. The molecule has 0 fully saturated rings. The van der Waals surface area contributed by atoms with E-state index in [4.69, 9.17) is 51.1 Å². The number of halogens is 4. The number of benzene rings is 3. The molecule has 1 aromatic heterocycles. The summed E-state index contributed by atoms with van der Waals surface area (Å²) in [6.45, 7) is 15.1. The van der Waals surface area contributed by atoms with Crippen molar-refractivity contribution in [1.82, 2.24) is 10.2 Å². The van der Waals surface area contributed by atoms with Crippen LogP contribution in [0.3, 0.4) is 0 Å². The Labute approximate surface area is 319 Å². The molecule has 4 aromatic rings. The van der Waals surface area contributed by atoms with Crippen LogP contribution in [0.5, 0.6) is 5.75 Å². The van der Waals surface area contributed by atoms with Crippen molar-refractivity contribution in [3.63, 3.8) is 0 Å². The van der Waals surface area contributed by atoms with Crippen molar-refractivity contribution in [1.29, 1.82) is 0 Å². The van der Waals surface area contributed by atoms with Crippen molar-refractivity contribution in [2.75, 3.05) is 15.6 Å². The number of hydrogen-bond donors (Lipinski definition) is 3. The van der Waals surface area contributed by atoms with E-state index in [1.165, 1.54) is 17.7 Å². The van der Waals surface area contributed by atoms with E-state index in [0.29, 0.717) is 39.3 Å². The highest BCUT2D eigenvalue weighted by Crippen LogP contribution is 2.42. The van der Waals surface area contributed by atoms with Crippen LogP contribution in [0.2, 0.25) is 20.1 Å². The molecule has 13 heteroatoms. The van der Waals surface area contributed by atoms with Crippen LogP contribution < -0.4 is 20.4 Å². The Morgan fingerprint density at radius 1 is 0.922 bits per heavy atom. The molecule has 0 saturated heterocycles. The minimum absolute atomic E-state index is 0.00268. The lowest BCUT2D eigenvalue weighted by atomic mass is 9.76. The molecule has 2 amide bonds. The molecule has 9 nitrogen and oxygen atoms in total. The molecule has 270 valence electrons. The van der Waals surface area contributed by atoms with Gasteiger partial charge in [-0.2, -0.15) is 15.2 Å². The van der Waals surface area contributed by atoms with Gasteiger partial charge in [-0.1, -0.05) is 107 Å². The predicted molar refractivity (Wildman–Crippen MR) is 209 cm³/mol. The number of H-pyrrole nitrogens is 1. The van der Waals surface area contributed by atoms with E-state index in [1.54, 1.807) is 30.5 Å². The quantitative estimate of drug-likeness (QED) is 0.133. The van der Waals surface area contributed by atoms with Crippen LogP contribution >= 0.6 is 46.4 Å². The van der Waals surface area contributed by atoms with Crippen molar-refractivity contribution >= 4 is 81.1 Å². The number of hydrazone groups is 1. The highest BCUT2D eigenvalue weighted by molar-refractivity contribution is 6.43. The molecule has 5 rings (SSSR count). The Bertz CT molecular complexity index is 1940. The van der Waals surface area contributed by atoms with Crippen LogP contribution in [0.1, 0.15) is 90.5 Å². The van der Waals surface area contributed by atoms with Gasteiger partial charge in [0.25, 0.3) is 11.8 Å². The first-order valence-electron chi connectivity index (χ1n) is 16.9. The predicted octanol–water partition coefficient (Wildman–Crippen LogP) is 10.8. The maximum absolute atomic E-state index is 13.8. The third-order valence-corrected chi connectivity index (χ3v) is 10.8. The van der Waals surface area contributed by atoms with Crippen molar-refractivity contribution in [3.05, 3.63) is 97.7 Å². The van der Waals surface area contributed by atoms with Gasteiger partial charge >= 0.3 is 0 Å². The molecule has 0 aliphatic carbocycles. The zero-order valence-electron chi connectivity index (χ0n) is 29.6. The van der Waals surface area contributed by atoms with Gasteiger partial charge in [-0.15, -0.1) is 0 Å². The number of anilines is 3. The normalized spacial score (nSPS) is 15.5. The summed E-state index contributed by atoms with van der Waals surface area (Å²) in [5.41, 5.74) is 3.59. The van der Waals surface area contributed by atoms with E-state index in [0.717, 1.165) is 23.4 Å². The third kappa shape index (κ3) is 8.17. The second-order valence-corrected chi connectivity index (χ2v) is 15.5. The van der Waals surface area contributed by atoms with E-state index in [1.807, 2.05) is 13.0 Å². The Morgan fingerprint density at radius 2 is 1.61 bits per heavy atom. The van der Waals surface area contributed by atoms with Gasteiger partial charge in [0, 0.05) is 22.5 Å². The second-order valence-electron chi connectivity index (χ2n) is 13.8. The number of nitrogens with one attached hydrogen (secondary N) is 3. The number of ether oxygens (including phenoxy) is 1. The molecule has 2 atom stereocenters. The second kappa shape index (κ2) is 15.5. The smallest absolute Gasteiger partial charge is 0.265 e. The summed E-state index contributed by atoms with van der Waals surface area (Å²) in [6, 6.07) is 15.9. The fraction of sp³-hybridized carbons (Fsp3) is 0.368. The molecular formula is C38H42Cl4N6O3. The first-order valence-corrected chi connectivity index (χ1v) is 18.4. The summed E-state index contributed by atoms with van der Waals surface area (Å²) >= 11 is 25.7. The number of nitrogens with zero attached hydrogens (tertiary/aromatic N) is 3. The summed E-state index contributed by atoms with van der Waals surface area (Å²) < 4.78 is 6.47. The SMILES string of the molecule is CCC(Oc1ccc(C(C)(C)CC)cc1C(C)(C)CC)C(=O)Nc1ccc(Cl)c(NC2=NN(c3c(Cl)cc(Cl)cc3Cl)C(=O)C2c2cc[nH]n2)c1. The van der Waals surface area contributed by atoms with E-state index >= 15 is 0 Å². The van der Waals surface area contributed by atoms with Crippen molar-refractivity contribution < 1.29 is 14.3 Å². The molecular weight excluding hydrogens is 730 g/mol. The van der Waals surface area contributed by atoms with Crippen LogP contribution in [0.15, 0.2) is 65.9 Å². The number of amidine groups is 1. The molecule has 51 heavy (non-hydrogen) atoms. The van der Waals surface area contributed by atoms with E-state index in [9.17, 15) is 9.59 Å². The van der Waals surface area contributed by atoms with Crippen LogP contribution in [0, 0.1) is 0 Å². The number of carbonyl (C=O) groups excluding carboxylic acids is 2. The van der Waals surface area contributed by atoms with Crippen molar-refractivity contribution in [3.8, 4) is 5.75 Å². The molecule has 0 radical (unpaired) electrons. The Morgan fingerprint density at radius 3 is 2.22 bits per heavy atom. The number of hydrogen-bond acceptors (Lipinski definition) is 6. The largest absolute Gasteiger partial charge is 0.480 e. The van der Waals surface area contributed by atoms with Crippen molar-refractivity contribution in [2.24, 2.45) is 5.10 Å². The van der Waals surface area contributed by atoms with E-state index < -0.39 is 17.9 Å². The number of amides is 2. The highest BCUT2D eigenvalue weighted by Gasteiger charge is 2.41. The summed E-state index contributed by atoms with van der Waals surface area (Å²) in [6.07, 6.45) is 3.17. The average molecular weight is 773 g/mol. The molecule has 0 saturated carbocycles.